The first-order valence-electron chi connectivity index (χ1n) is 29.7. The van der Waals surface area contributed by atoms with Crippen molar-refractivity contribution in [3.8, 4) is 5.69 Å². The van der Waals surface area contributed by atoms with E-state index in [9.17, 15) is 0 Å². The molecule has 416 valence electrons. The van der Waals surface area contributed by atoms with Gasteiger partial charge in [-0.2, -0.15) is 0 Å². The van der Waals surface area contributed by atoms with Crippen LogP contribution in [0, 0.1) is 0 Å². The first-order valence-corrected chi connectivity index (χ1v) is 30.5. The van der Waals surface area contributed by atoms with Gasteiger partial charge in [0.1, 0.15) is 4.83 Å². The largest absolute Gasteiger partial charge is 0.333 e. The lowest BCUT2D eigenvalue weighted by Gasteiger charge is -2.47. The molecule has 0 atom stereocenters. The minimum atomic E-state index is -0.561. The third-order valence-electron chi connectivity index (χ3n) is 17.3. The molecule has 2 aliphatic heterocycles. The Labute approximate surface area is 498 Å². The highest BCUT2D eigenvalue weighted by Crippen LogP contribution is 2.50. The average Bonchev–Trinajstić information content (AvgIpc) is 1.74. The van der Waals surface area contributed by atoms with Gasteiger partial charge in [-0.15, -0.1) is 11.3 Å². The molecule has 0 amide bonds. The summed E-state index contributed by atoms with van der Waals surface area (Å²) in [6.07, 6.45) is 14.6. The second-order valence-electron chi connectivity index (χ2n) is 27.6. The Hall–Kier alpha value is -8.06. The van der Waals surface area contributed by atoms with Crippen LogP contribution in [-0.2, 0) is 21.7 Å². The first kappa shape index (κ1) is 55.5. The molecular formula is C77H79BN4S. The number of aromatic nitrogens is 1. The molecule has 4 nitrogen and oxygen atoms in total. The summed E-state index contributed by atoms with van der Waals surface area (Å²) in [6.45, 7) is 36.1. The van der Waals surface area contributed by atoms with Crippen LogP contribution >= 0.6 is 11.3 Å². The van der Waals surface area contributed by atoms with Gasteiger partial charge in [0, 0.05) is 66.4 Å². The fourth-order valence-electron chi connectivity index (χ4n) is 12.7. The minimum absolute atomic E-state index is 0.00413. The van der Waals surface area contributed by atoms with Gasteiger partial charge in [0.05, 0.1) is 16.7 Å². The van der Waals surface area contributed by atoms with Crippen LogP contribution in [0.3, 0.4) is 0 Å². The van der Waals surface area contributed by atoms with E-state index in [2.05, 4.69) is 317 Å². The summed E-state index contributed by atoms with van der Waals surface area (Å²) in [6, 6.07) is 65.5. The number of allylic oxidation sites excluding steroid dienone is 6. The molecule has 2 aromatic heterocycles. The lowest BCUT2D eigenvalue weighted by molar-refractivity contribution is 0.590. The highest BCUT2D eigenvalue weighted by molar-refractivity contribution is 7.26. The second-order valence-corrected chi connectivity index (χ2v) is 28.7. The van der Waals surface area contributed by atoms with Gasteiger partial charge in [-0.1, -0.05) is 223 Å². The number of para-hydroxylation sites is 1. The van der Waals surface area contributed by atoms with Gasteiger partial charge < -0.3 is 19.3 Å². The van der Waals surface area contributed by atoms with Crippen molar-refractivity contribution < 1.29 is 0 Å². The molecule has 0 saturated heterocycles. The van der Waals surface area contributed by atoms with E-state index in [4.69, 9.17) is 0 Å². The maximum atomic E-state index is 3.91. The fourth-order valence-corrected chi connectivity index (χ4v) is 14.0. The number of hydrogen-bond acceptors (Lipinski definition) is 4. The van der Waals surface area contributed by atoms with Gasteiger partial charge in [-0.25, -0.2) is 0 Å². The summed E-state index contributed by atoms with van der Waals surface area (Å²) >= 11 is 1.91. The second kappa shape index (κ2) is 20.4. The molecule has 4 heterocycles. The molecule has 0 unspecified atom stereocenters. The van der Waals surface area contributed by atoms with E-state index in [0.717, 1.165) is 34.1 Å². The summed E-state index contributed by atoms with van der Waals surface area (Å²) in [7, 11) is 0. The van der Waals surface area contributed by atoms with Gasteiger partial charge in [0.15, 0.2) is 0 Å². The molecule has 0 bridgehead atoms. The Morgan fingerprint density at radius 1 is 0.422 bits per heavy atom. The van der Waals surface area contributed by atoms with Crippen LogP contribution in [-0.4, -0.2) is 16.8 Å². The molecule has 0 aliphatic carbocycles. The molecule has 0 N–H and O–H groups in total. The molecule has 12 rings (SSSR count). The lowest BCUT2D eigenvalue weighted by Crippen LogP contribution is -2.63. The molecule has 0 fully saturated rings. The topological polar surface area (TPSA) is 14.7 Å². The summed E-state index contributed by atoms with van der Waals surface area (Å²) in [4.78, 5) is 8.90. The SMILES string of the molecule is C=C/C=C/C=C/C=C\C(C)(C)N1c2cc(N(c3ccc(C(C)(C)C)cc3)c3ccc(C(C)(C)C)cc3)ccc2B2c3c1cc(N(c1ccc(C(C)(C)C)cc1)c1ccc(C(C)(C)C)cc1)cc3-n1c3sc4ccccc4c3c3cccc2c31. The molecule has 6 heteroatoms. The number of hydrogen-bond donors (Lipinski definition) is 0. The standard InChI is InChI=1S/C77H79BN4S/c1-16-17-18-19-20-23-47-77(14,15)82-65-48-59(79(55-37-29-51(30-38-55)73(2,3)4)56-39-31-52(32-40-56)74(5,6)7)45-46-63(65)78-64-27-24-26-62-69-61-25-21-22-28-68(61)83-72(69)81(71(62)64)66-49-60(50-67(82)70(66)78)80(57-41-33-53(34-42-57)75(8,9)10)58-43-35-54(36-44-58)76(11,12)13/h16-50H,1H2,2-15H3/b18-17+,20-19+,47-23-. The summed E-state index contributed by atoms with van der Waals surface area (Å²) < 4.78 is 3.94. The van der Waals surface area contributed by atoms with E-state index in [1.807, 2.05) is 29.6 Å². The molecule has 83 heavy (non-hydrogen) atoms. The van der Waals surface area contributed by atoms with Gasteiger partial charge in [0.2, 0.25) is 0 Å². The van der Waals surface area contributed by atoms with Crippen molar-refractivity contribution in [2.24, 2.45) is 0 Å². The van der Waals surface area contributed by atoms with E-state index >= 15 is 0 Å². The van der Waals surface area contributed by atoms with E-state index in [1.54, 1.807) is 0 Å². The number of thiophene rings is 1. The Bertz CT molecular complexity index is 4100. The molecule has 0 spiro atoms. The maximum absolute atomic E-state index is 3.91. The highest BCUT2D eigenvalue weighted by atomic mass is 32.1. The van der Waals surface area contributed by atoms with Crippen LogP contribution in [0.25, 0.3) is 36.9 Å². The lowest BCUT2D eigenvalue weighted by atomic mass is 9.33. The first-order chi connectivity index (χ1) is 39.4. The minimum Gasteiger partial charge on any atom is -0.333 e. The van der Waals surface area contributed by atoms with E-state index in [0.29, 0.717) is 0 Å². The van der Waals surface area contributed by atoms with Crippen molar-refractivity contribution in [2.75, 3.05) is 14.7 Å². The molecule has 8 aromatic carbocycles. The normalized spacial score (nSPS) is 13.8. The smallest absolute Gasteiger partial charge is 0.252 e. The number of anilines is 8. The molecule has 2 aliphatic rings. The average molecular weight is 1100 g/mol. The van der Waals surface area contributed by atoms with Crippen LogP contribution in [0.5, 0.6) is 0 Å². The van der Waals surface area contributed by atoms with Crippen molar-refractivity contribution in [1.29, 1.82) is 0 Å². The van der Waals surface area contributed by atoms with E-state index < -0.39 is 5.54 Å². The Balaban J connectivity index is 1.18. The fraction of sp³-hybridized carbons (Fsp3) is 0.247. The molecule has 0 saturated carbocycles. The highest BCUT2D eigenvalue weighted by Gasteiger charge is 2.46. The van der Waals surface area contributed by atoms with Crippen molar-refractivity contribution in [3.63, 3.8) is 0 Å². The predicted octanol–water partition coefficient (Wildman–Crippen LogP) is 20.0. The molecule has 10 aromatic rings. The number of fused-ring (bicyclic) bond motifs is 9. The van der Waals surface area contributed by atoms with Gasteiger partial charge in [-0.3, -0.25) is 0 Å². The third kappa shape index (κ3) is 9.87. The Morgan fingerprint density at radius 3 is 1.39 bits per heavy atom. The quantitative estimate of drug-likeness (QED) is 0.0948. The Kier molecular flexibility index (Phi) is 13.6. The van der Waals surface area contributed by atoms with Crippen molar-refractivity contribution in [1.82, 2.24) is 4.57 Å². The van der Waals surface area contributed by atoms with Crippen molar-refractivity contribution in [3.05, 3.63) is 241 Å². The molecular weight excluding hydrogens is 1020 g/mol. The Morgan fingerprint density at radius 2 is 0.867 bits per heavy atom. The van der Waals surface area contributed by atoms with Crippen LogP contribution in [0.15, 0.2) is 219 Å². The monoisotopic (exact) mass is 1100 g/mol. The number of benzene rings is 8. The molecule has 0 radical (unpaired) electrons. The van der Waals surface area contributed by atoms with Crippen LogP contribution < -0.4 is 31.1 Å². The van der Waals surface area contributed by atoms with Crippen molar-refractivity contribution >= 4 is 111 Å². The number of rotatable bonds is 11. The zero-order chi connectivity index (χ0) is 58.5. The van der Waals surface area contributed by atoms with E-state index in [1.165, 1.54) is 86.9 Å². The van der Waals surface area contributed by atoms with Crippen LogP contribution in [0.4, 0.5) is 45.5 Å². The number of nitrogens with zero attached hydrogens (tertiary/aromatic N) is 4. The van der Waals surface area contributed by atoms with Gasteiger partial charge in [0.25, 0.3) is 6.71 Å². The van der Waals surface area contributed by atoms with Gasteiger partial charge >= 0.3 is 0 Å². The zero-order valence-electron chi connectivity index (χ0n) is 51.2. The third-order valence-corrected chi connectivity index (χ3v) is 18.4. The summed E-state index contributed by atoms with van der Waals surface area (Å²) in [5.74, 6) is 0. The van der Waals surface area contributed by atoms with E-state index in [-0.39, 0.29) is 28.4 Å². The predicted molar refractivity (Wildman–Crippen MR) is 365 cm³/mol. The summed E-state index contributed by atoms with van der Waals surface area (Å²) in [5, 5.41) is 3.93. The zero-order valence-corrected chi connectivity index (χ0v) is 52.0. The summed E-state index contributed by atoms with van der Waals surface area (Å²) in [5.41, 5.74) is 20.1. The van der Waals surface area contributed by atoms with Crippen LogP contribution in [0.2, 0.25) is 0 Å². The maximum Gasteiger partial charge on any atom is 0.252 e. The van der Waals surface area contributed by atoms with Crippen LogP contribution in [0.1, 0.15) is 119 Å². The van der Waals surface area contributed by atoms with Gasteiger partial charge in [-0.05, 0) is 153 Å². The van der Waals surface area contributed by atoms with Crippen molar-refractivity contribution in [2.45, 2.75) is 124 Å².